The van der Waals surface area contributed by atoms with Gasteiger partial charge in [0.05, 0.1) is 5.56 Å². The number of halogens is 4. The summed E-state index contributed by atoms with van der Waals surface area (Å²) >= 11 is 0. The van der Waals surface area contributed by atoms with Crippen LogP contribution in [0.4, 0.5) is 13.2 Å². The van der Waals surface area contributed by atoms with Crippen LogP contribution in [0, 0.1) is 5.92 Å². The zero-order valence-electron chi connectivity index (χ0n) is 15.4. The lowest BCUT2D eigenvalue weighted by Gasteiger charge is -2.34. The van der Waals surface area contributed by atoms with E-state index in [0.29, 0.717) is 24.9 Å². The smallest absolute Gasteiger partial charge is 0.344 e. The van der Waals surface area contributed by atoms with Crippen LogP contribution in [0.5, 0.6) is 0 Å². The Hall–Kier alpha value is -1.80. The van der Waals surface area contributed by atoms with Gasteiger partial charge in [-0.2, -0.15) is 13.2 Å². The second-order valence-electron chi connectivity index (χ2n) is 7.19. The summed E-state index contributed by atoms with van der Waals surface area (Å²) in [7, 11) is 0. The van der Waals surface area contributed by atoms with Crippen LogP contribution in [0.2, 0.25) is 0 Å². The number of rotatable bonds is 4. The van der Waals surface area contributed by atoms with Gasteiger partial charge in [0.15, 0.2) is 0 Å². The topological polar surface area (TPSA) is 61.4 Å². The summed E-state index contributed by atoms with van der Waals surface area (Å²) < 4.78 is 38.6. The molecule has 2 aliphatic rings. The first-order valence-electron chi connectivity index (χ1n) is 9.30. The molecule has 0 bridgehead atoms. The highest BCUT2D eigenvalue weighted by molar-refractivity contribution is 5.89. The van der Waals surface area contributed by atoms with Crippen molar-refractivity contribution in [2.45, 2.75) is 44.4 Å². The summed E-state index contributed by atoms with van der Waals surface area (Å²) in [5.74, 6) is -0.408. The van der Waals surface area contributed by atoms with Crippen molar-refractivity contribution in [1.29, 1.82) is 0 Å². The molecule has 2 aliphatic heterocycles. The molecule has 156 valence electrons. The van der Waals surface area contributed by atoms with Gasteiger partial charge < -0.3 is 15.5 Å². The summed E-state index contributed by atoms with van der Waals surface area (Å²) in [5, 5.41) is 6.05. The lowest BCUT2D eigenvalue weighted by Crippen LogP contribution is -2.53. The van der Waals surface area contributed by atoms with E-state index in [1.54, 1.807) is 6.07 Å². The van der Waals surface area contributed by atoms with E-state index >= 15 is 0 Å². The Morgan fingerprint density at radius 1 is 1.21 bits per heavy atom. The fourth-order valence-corrected chi connectivity index (χ4v) is 3.67. The van der Waals surface area contributed by atoms with Crippen molar-refractivity contribution < 1.29 is 22.8 Å². The summed E-state index contributed by atoms with van der Waals surface area (Å²) in [6.07, 6.45) is -1.63. The average molecular weight is 420 g/mol. The number of carbonyl (C=O) groups excluding carboxylic acids is 2. The number of benzene rings is 1. The Bertz CT molecular complexity index is 693. The number of nitrogens with one attached hydrogen (secondary N) is 2. The summed E-state index contributed by atoms with van der Waals surface area (Å²) in [5.41, 5.74) is -0.288. The molecule has 0 aliphatic carbocycles. The highest BCUT2D eigenvalue weighted by Crippen LogP contribution is 2.30. The second kappa shape index (κ2) is 9.60. The molecule has 0 spiro atoms. The van der Waals surface area contributed by atoms with Crippen molar-refractivity contribution >= 4 is 24.2 Å². The summed E-state index contributed by atoms with van der Waals surface area (Å²) in [6.45, 7) is 2.17. The van der Waals surface area contributed by atoms with E-state index in [4.69, 9.17) is 0 Å². The monoisotopic (exact) mass is 419 g/mol. The van der Waals surface area contributed by atoms with Crippen molar-refractivity contribution in [1.82, 2.24) is 15.5 Å². The lowest BCUT2D eigenvalue weighted by atomic mass is 9.95. The van der Waals surface area contributed by atoms with Gasteiger partial charge in [0.2, 0.25) is 11.8 Å². The molecule has 2 heterocycles. The Kier molecular flexibility index (Phi) is 7.71. The Balaban J connectivity index is 0.00000280. The fraction of sp³-hybridized carbons (Fsp3) is 0.579. The molecule has 9 heteroatoms. The van der Waals surface area contributed by atoms with Gasteiger partial charge in [0, 0.05) is 19.0 Å². The van der Waals surface area contributed by atoms with Crippen LogP contribution in [-0.2, 0) is 22.3 Å². The first-order valence-corrected chi connectivity index (χ1v) is 9.30. The molecule has 2 N–H and O–H groups in total. The van der Waals surface area contributed by atoms with Crippen LogP contribution >= 0.6 is 12.4 Å². The number of hydrogen-bond acceptors (Lipinski definition) is 3. The molecule has 1 unspecified atom stereocenters. The standard InChI is InChI=1S/C19H24F3N3O2.ClH/c20-19(21,22)15-4-1-3-13(11-15)12-25-10-2-5-16(18(25)27)24-17(26)14-6-8-23-9-7-14;/h1,3-4,11,14,16,23H,2,5-10,12H2,(H,24,26);1H. The van der Waals surface area contributed by atoms with E-state index in [9.17, 15) is 22.8 Å². The number of piperidine rings is 2. The maximum atomic E-state index is 12.9. The summed E-state index contributed by atoms with van der Waals surface area (Å²) in [4.78, 5) is 26.6. The van der Waals surface area contributed by atoms with E-state index in [-0.39, 0.29) is 36.7 Å². The van der Waals surface area contributed by atoms with Crippen LogP contribution < -0.4 is 10.6 Å². The fourth-order valence-electron chi connectivity index (χ4n) is 3.67. The minimum atomic E-state index is -4.41. The van der Waals surface area contributed by atoms with Crippen molar-refractivity contribution in [3.8, 4) is 0 Å². The number of likely N-dealkylation sites (tertiary alicyclic amines) is 1. The van der Waals surface area contributed by atoms with E-state index < -0.39 is 17.8 Å². The normalized spacial score (nSPS) is 21.2. The van der Waals surface area contributed by atoms with Crippen LogP contribution in [0.15, 0.2) is 24.3 Å². The van der Waals surface area contributed by atoms with E-state index in [2.05, 4.69) is 10.6 Å². The molecule has 2 fully saturated rings. The Labute approximate surface area is 168 Å². The molecule has 0 saturated carbocycles. The number of amides is 2. The SMILES string of the molecule is Cl.O=C(NC1CCCN(Cc2cccc(C(F)(F)F)c2)C1=O)C1CCNCC1. The van der Waals surface area contributed by atoms with Crippen LogP contribution in [0.1, 0.15) is 36.8 Å². The molecule has 1 atom stereocenters. The summed E-state index contributed by atoms with van der Waals surface area (Å²) in [6, 6.07) is 4.43. The Morgan fingerprint density at radius 2 is 1.93 bits per heavy atom. The van der Waals surface area contributed by atoms with Crippen molar-refractivity contribution in [3.63, 3.8) is 0 Å². The van der Waals surface area contributed by atoms with Crippen LogP contribution in [0.3, 0.4) is 0 Å². The third-order valence-corrected chi connectivity index (χ3v) is 5.18. The van der Waals surface area contributed by atoms with Gasteiger partial charge >= 0.3 is 6.18 Å². The molecule has 28 heavy (non-hydrogen) atoms. The minimum Gasteiger partial charge on any atom is -0.344 e. The molecule has 1 aromatic rings. The van der Waals surface area contributed by atoms with Gasteiger partial charge in [-0.3, -0.25) is 9.59 Å². The van der Waals surface area contributed by atoms with Gasteiger partial charge in [-0.1, -0.05) is 12.1 Å². The molecule has 1 aromatic carbocycles. The third-order valence-electron chi connectivity index (χ3n) is 5.18. The molecule has 0 radical (unpaired) electrons. The first kappa shape index (κ1) is 22.5. The quantitative estimate of drug-likeness (QED) is 0.789. The molecule has 3 rings (SSSR count). The first-order chi connectivity index (χ1) is 12.8. The van der Waals surface area contributed by atoms with Crippen molar-refractivity contribution in [2.75, 3.05) is 19.6 Å². The molecular formula is C19H25ClF3N3O2. The largest absolute Gasteiger partial charge is 0.416 e. The Morgan fingerprint density at radius 3 is 2.61 bits per heavy atom. The maximum absolute atomic E-state index is 12.9. The second-order valence-corrected chi connectivity index (χ2v) is 7.19. The van der Waals surface area contributed by atoms with Crippen LogP contribution in [0.25, 0.3) is 0 Å². The van der Waals surface area contributed by atoms with Crippen molar-refractivity contribution in [3.05, 3.63) is 35.4 Å². The average Bonchev–Trinajstić information content (AvgIpc) is 2.65. The zero-order chi connectivity index (χ0) is 19.4. The molecule has 2 amide bonds. The van der Waals surface area contributed by atoms with Gasteiger partial charge in [-0.25, -0.2) is 0 Å². The van der Waals surface area contributed by atoms with Gasteiger partial charge in [0.1, 0.15) is 6.04 Å². The van der Waals surface area contributed by atoms with Crippen molar-refractivity contribution in [2.24, 2.45) is 5.92 Å². The molecule has 0 aromatic heterocycles. The highest BCUT2D eigenvalue weighted by Gasteiger charge is 2.33. The van der Waals surface area contributed by atoms with Gasteiger partial charge in [0.25, 0.3) is 0 Å². The number of hydrogen-bond donors (Lipinski definition) is 2. The lowest BCUT2D eigenvalue weighted by molar-refractivity contribution is -0.140. The van der Waals surface area contributed by atoms with Gasteiger partial charge in [-0.05, 0) is 56.5 Å². The molecule has 2 saturated heterocycles. The number of nitrogens with zero attached hydrogens (tertiary/aromatic N) is 1. The predicted octanol–water partition coefficient (Wildman–Crippen LogP) is 2.73. The number of carbonyl (C=O) groups is 2. The number of alkyl halides is 3. The maximum Gasteiger partial charge on any atom is 0.416 e. The molecule has 5 nitrogen and oxygen atoms in total. The third kappa shape index (κ3) is 5.61. The zero-order valence-corrected chi connectivity index (χ0v) is 16.2. The molecular weight excluding hydrogens is 395 g/mol. The van der Waals surface area contributed by atoms with Crippen LogP contribution in [-0.4, -0.2) is 42.4 Å². The van der Waals surface area contributed by atoms with E-state index in [0.717, 1.165) is 38.1 Å². The predicted molar refractivity (Wildman–Crippen MR) is 101 cm³/mol. The minimum absolute atomic E-state index is 0. The van der Waals surface area contributed by atoms with E-state index in [1.165, 1.54) is 11.0 Å². The van der Waals surface area contributed by atoms with Gasteiger partial charge in [-0.15, -0.1) is 12.4 Å². The van der Waals surface area contributed by atoms with E-state index in [1.807, 2.05) is 0 Å². The highest BCUT2D eigenvalue weighted by atomic mass is 35.5.